The molecule has 0 bridgehead atoms. The second-order valence-corrected chi connectivity index (χ2v) is 7.41. The molecule has 0 atom stereocenters. The third kappa shape index (κ3) is 2.99. The summed E-state index contributed by atoms with van der Waals surface area (Å²) in [7, 11) is 3.55. The van der Waals surface area contributed by atoms with Gasteiger partial charge in [-0.1, -0.05) is 41.4 Å². The molecule has 0 aliphatic rings. The van der Waals surface area contributed by atoms with Crippen LogP contribution in [0.5, 0.6) is 0 Å². The number of imidazole rings is 1. The van der Waals surface area contributed by atoms with Gasteiger partial charge in [0, 0.05) is 25.4 Å². The molecule has 1 amide bonds. The molecule has 0 unspecified atom stereocenters. The molecular formula is C21H24ClN3O. The van der Waals surface area contributed by atoms with Crippen LogP contribution in [0.1, 0.15) is 27.9 Å². The van der Waals surface area contributed by atoms with E-state index in [1.165, 1.54) is 5.56 Å². The topological polar surface area (TPSA) is 37.6 Å². The number of fused-ring (bicyclic) bond motifs is 1. The van der Waals surface area contributed by atoms with Crippen LogP contribution in [-0.4, -0.2) is 34.3 Å². The lowest BCUT2D eigenvalue weighted by Gasteiger charge is -2.17. The van der Waals surface area contributed by atoms with E-state index >= 15 is 0 Å². The van der Waals surface area contributed by atoms with E-state index in [0.717, 1.165) is 39.3 Å². The maximum absolute atomic E-state index is 12.3. The molecule has 0 radical (unpaired) electrons. The Bertz CT molecular complexity index is 1000. The number of benzene rings is 1. The number of pyridine rings is 1. The van der Waals surface area contributed by atoms with E-state index in [4.69, 9.17) is 16.6 Å². The van der Waals surface area contributed by atoms with Crippen molar-refractivity contribution in [1.82, 2.24) is 14.3 Å². The molecule has 0 fully saturated rings. The molecular weight excluding hydrogens is 346 g/mol. The quantitative estimate of drug-likeness (QED) is 0.680. The zero-order valence-electron chi connectivity index (χ0n) is 16.1. The van der Waals surface area contributed by atoms with E-state index in [0.29, 0.717) is 11.6 Å². The van der Waals surface area contributed by atoms with Crippen molar-refractivity contribution in [2.45, 2.75) is 34.1 Å². The van der Waals surface area contributed by atoms with Crippen LogP contribution in [0.4, 0.5) is 0 Å². The number of carbonyl (C=O) groups is 1. The van der Waals surface area contributed by atoms with Gasteiger partial charge in [-0.05, 0) is 44.4 Å². The van der Waals surface area contributed by atoms with Crippen LogP contribution >= 0.6 is 11.6 Å². The van der Waals surface area contributed by atoms with E-state index < -0.39 is 0 Å². The van der Waals surface area contributed by atoms with Crippen molar-refractivity contribution in [3.8, 4) is 11.3 Å². The predicted molar refractivity (Wildman–Crippen MR) is 107 cm³/mol. The van der Waals surface area contributed by atoms with Gasteiger partial charge in [0.2, 0.25) is 5.91 Å². The summed E-state index contributed by atoms with van der Waals surface area (Å²) in [6, 6.07) is 8.19. The summed E-state index contributed by atoms with van der Waals surface area (Å²) in [5.74, 6) is 0.0740. The SMILES string of the molecule is Cc1ccc(-c2nc3c(C)c(C)c(CC(=O)N(C)C)c(C)n3c2Cl)cc1. The van der Waals surface area contributed by atoms with Gasteiger partial charge in [-0.2, -0.15) is 0 Å². The number of nitrogens with zero attached hydrogens (tertiary/aromatic N) is 3. The lowest BCUT2D eigenvalue weighted by atomic mass is 9.99. The minimum Gasteiger partial charge on any atom is -0.349 e. The summed E-state index contributed by atoms with van der Waals surface area (Å²) in [6.45, 7) is 8.15. The third-order valence-corrected chi connectivity index (χ3v) is 5.44. The van der Waals surface area contributed by atoms with Crippen molar-refractivity contribution < 1.29 is 4.79 Å². The number of hydrogen-bond acceptors (Lipinski definition) is 2. The molecule has 0 aliphatic heterocycles. The van der Waals surface area contributed by atoms with E-state index in [1.807, 2.05) is 30.4 Å². The van der Waals surface area contributed by atoms with Gasteiger partial charge in [-0.15, -0.1) is 0 Å². The number of hydrogen-bond donors (Lipinski definition) is 0. The highest BCUT2D eigenvalue weighted by molar-refractivity contribution is 6.32. The van der Waals surface area contributed by atoms with Gasteiger partial charge in [-0.3, -0.25) is 9.20 Å². The molecule has 0 aliphatic carbocycles. The van der Waals surface area contributed by atoms with Crippen LogP contribution in [0.25, 0.3) is 16.9 Å². The lowest BCUT2D eigenvalue weighted by Crippen LogP contribution is -2.24. The van der Waals surface area contributed by atoms with Crippen LogP contribution in [0, 0.1) is 27.7 Å². The number of halogens is 1. The summed E-state index contributed by atoms with van der Waals surface area (Å²) in [5, 5.41) is 0.586. The maximum atomic E-state index is 12.3. The summed E-state index contributed by atoms with van der Waals surface area (Å²) < 4.78 is 1.97. The van der Waals surface area contributed by atoms with Gasteiger partial charge in [0.05, 0.1) is 6.42 Å². The van der Waals surface area contributed by atoms with Crippen molar-refractivity contribution in [3.05, 3.63) is 57.4 Å². The Hall–Kier alpha value is -2.33. The van der Waals surface area contributed by atoms with E-state index in [9.17, 15) is 4.79 Å². The second-order valence-electron chi connectivity index (χ2n) is 7.06. The summed E-state index contributed by atoms with van der Waals surface area (Å²) in [5.41, 5.74) is 7.94. The number of amides is 1. The normalized spacial score (nSPS) is 11.2. The van der Waals surface area contributed by atoms with Crippen molar-refractivity contribution in [3.63, 3.8) is 0 Å². The number of likely N-dealkylation sites (N-methyl/N-ethyl adjacent to an activating group) is 1. The first-order valence-corrected chi connectivity index (χ1v) is 9.04. The van der Waals surface area contributed by atoms with Crippen LogP contribution in [0.3, 0.4) is 0 Å². The molecule has 5 heteroatoms. The fourth-order valence-corrected chi connectivity index (χ4v) is 3.58. The van der Waals surface area contributed by atoms with Gasteiger partial charge in [-0.25, -0.2) is 4.98 Å². The van der Waals surface area contributed by atoms with Crippen LogP contribution in [0.15, 0.2) is 24.3 Å². The van der Waals surface area contributed by atoms with Crippen molar-refractivity contribution in [1.29, 1.82) is 0 Å². The molecule has 0 saturated heterocycles. The molecule has 3 rings (SSSR count). The number of aryl methyl sites for hydroxylation is 3. The Morgan fingerprint density at radius 2 is 1.69 bits per heavy atom. The average Bonchev–Trinajstić information content (AvgIpc) is 2.95. The highest BCUT2D eigenvalue weighted by atomic mass is 35.5. The van der Waals surface area contributed by atoms with Crippen molar-refractivity contribution in [2.75, 3.05) is 14.1 Å². The molecule has 0 N–H and O–H groups in total. The van der Waals surface area contributed by atoms with Gasteiger partial charge in [0.15, 0.2) is 0 Å². The molecule has 4 nitrogen and oxygen atoms in total. The van der Waals surface area contributed by atoms with Gasteiger partial charge in [0.25, 0.3) is 0 Å². The first kappa shape index (κ1) is 18.5. The average molecular weight is 370 g/mol. The van der Waals surface area contributed by atoms with Gasteiger partial charge < -0.3 is 4.90 Å². The Balaban J connectivity index is 2.24. The van der Waals surface area contributed by atoms with Gasteiger partial charge >= 0.3 is 0 Å². The highest BCUT2D eigenvalue weighted by Gasteiger charge is 2.21. The molecule has 0 spiro atoms. The maximum Gasteiger partial charge on any atom is 0.226 e. The second kappa shape index (κ2) is 6.76. The molecule has 0 saturated carbocycles. The minimum absolute atomic E-state index is 0.0740. The first-order valence-electron chi connectivity index (χ1n) is 8.66. The minimum atomic E-state index is 0.0740. The highest BCUT2D eigenvalue weighted by Crippen LogP contribution is 2.33. The van der Waals surface area contributed by atoms with Crippen LogP contribution in [-0.2, 0) is 11.2 Å². The Morgan fingerprint density at radius 3 is 2.27 bits per heavy atom. The van der Waals surface area contributed by atoms with E-state index in [1.54, 1.807) is 19.0 Å². The summed E-state index contributed by atoms with van der Waals surface area (Å²) in [4.78, 5) is 18.7. The zero-order valence-corrected chi connectivity index (χ0v) is 16.9. The molecule has 1 aromatic carbocycles. The van der Waals surface area contributed by atoms with E-state index in [2.05, 4.69) is 26.0 Å². The number of aromatic nitrogens is 2. The lowest BCUT2D eigenvalue weighted by molar-refractivity contribution is -0.127. The van der Waals surface area contributed by atoms with Crippen LogP contribution < -0.4 is 0 Å². The Kier molecular flexibility index (Phi) is 4.80. The Labute approximate surface area is 159 Å². The smallest absolute Gasteiger partial charge is 0.226 e. The monoisotopic (exact) mass is 369 g/mol. The fraction of sp³-hybridized carbons (Fsp3) is 0.333. The van der Waals surface area contributed by atoms with E-state index in [-0.39, 0.29) is 5.91 Å². The molecule has 26 heavy (non-hydrogen) atoms. The molecule has 2 heterocycles. The van der Waals surface area contributed by atoms with Crippen molar-refractivity contribution >= 4 is 23.2 Å². The molecule has 136 valence electrons. The first-order chi connectivity index (χ1) is 12.2. The number of carbonyl (C=O) groups excluding carboxylic acids is 1. The predicted octanol–water partition coefficient (Wildman–Crippen LogP) is 4.52. The fourth-order valence-electron chi connectivity index (χ4n) is 3.22. The molecule has 3 aromatic rings. The summed E-state index contributed by atoms with van der Waals surface area (Å²) in [6.07, 6.45) is 0.357. The van der Waals surface area contributed by atoms with Gasteiger partial charge in [0.1, 0.15) is 16.5 Å². The van der Waals surface area contributed by atoms with Crippen molar-refractivity contribution in [2.24, 2.45) is 0 Å². The largest absolute Gasteiger partial charge is 0.349 e. The standard InChI is InChI=1S/C21H24ClN3O/c1-12-7-9-16(10-8-12)19-20(22)25-15(4)17(11-18(26)24(5)6)13(2)14(3)21(25)23-19/h7-10H,11H2,1-6H3. The molecule has 2 aromatic heterocycles. The van der Waals surface area contributed by atoms with Crippen LogP contribution in [0.2, 0.25) is 5.15 Å². The number of rotatable bonds is 3. The Morgan fingerprint density at radius 1 is 1.08 bits per heavy atom. The zero-order chi connectivity index (χ0) is 19.2. The summed E-state index contributed by atoms with van der Waals surface area (Å²) >= 11 is 6.74. The third-order valence-electron chi connectivity index (χ3n) is 5.10.